The van der Waals surface area contributed by atoms with Crippen LogP contribution in [0.15, 0.2) is 38.9 Å². The molecule has 0 amide bonds. The molecule has 0 aliphatic carbocycles. The van der Waals surface area contributed by atoms with E-state index >= 15 is 0 Å². The summed E-state index contributed by atoms with van der Waals surface area (Å²) in [4.78, 5) is 17.5. The van der Waals surface area contributed by atoms with Gasteiger partial charge in [0.2, 0.25) is 0 Å². The van der Waals surface area contributed by atoms with E-state index < -0.39 is 15.6 Å². The van der Waals surface area contributed by atoms with Crippen molar-refractivity contribution >= 4 is 10.0 Å². The van der Waals surface area contributed by atoms with E-state index in [0.29, 0.717) is 11.5 Å². The Morgan fingerprint density at radius 2 is 2.19 bits per heavy atom. The van der Waals surface area contributed by atoms with Gasteiger partial charge in [0.25, 0.3) is 10.0 Å². The van der Waals surface area contributed by atoms with Crippen molar-refractivity contribution in [3.8, 4) is 5.75 Å². The van der Waals surface area contributed by atoms with Crippen molar-refractivity contribution in [1.29, 1.82) is 0 Å². The lowest BCUT2D eigenvalue weighted by Crippen LogP contribution is -2.56. The molecule has 112 valence electrons. The standard InChI is InChI=1S/C12H13N3O5S/c1-8-2-9(3-12(16)19-8)20-10-5-15(6-10)21(17,18)11-4-13-7-14-11/h2-4,7,10H,5-6H2,1H3,(H,13,14). The average Bonchev–Trinajstić information content (AvgIpc) is 2.86. The molecule has 0 radical (unpaired) electrons. The fraction of sp³-hybridized carbons (Fsp3) is 0.333. The first kappa shape index (κ1) is 13.8. The second kappa shape index (κ2) is 5.01. The van der Waals surface area contributed by atoms with Crippen molar-refractivity contribution in [1.82, 2.24) is 14.3 Å². The first-order chi connectivity index (χ1) is 9.95. The normalized spacial score (nSPS) is 16.6. The summed E-state index contributed by atoms with van der Waals surface area (Å²) in [6.07, 6.45) is 2.28. The first-order valence-electron chi connectivity index (χ1n) is 6.22. The zero-order valence-electron chi connectivity index (χ0n) is 11.1. The molecule has 0 spiro atoms. The molecule has 1 N–H and O–H groups in total. The van der Waals surface area contributed by atoms with E-state index in [1.54, 1.807) is 13.0 Å². The summed E-state index contributed by atoms with van der Waals surface area (Å²) >= 11 is 0. The third-order valence-corrected chi connectivity index (χ3v) is 4.83. The highest BCUT2D eigenvalue weighted by Gasteiger charge is 2.38. The molecule has 21 heavy (non-hydrogen) atoms. The van der Waals surface area contributed by atoms with Gasteiger partial charge in [-0.25, -0.2) is 18.2 Å². The minimum absolute atomic E-state index is 0.0529. The van der Waals surface area contributed by atoms with Gasteiger partial charge in [-0.3, -0.25) is 0 Å². The largest absolute Gasteiger partial charge is 0.487 e. The van der Waals surface area contributed by atoms with Crippen molar-refractivity contribution in [2.45, 2.75) is 18.1 Å². The molecule has 1 fully saturated rings. The van der Waals surface area contributed by atoms with Crippen LogP contribution in [0.25, 0.3) is 0 Å². The summed E-state index contributed by atoms with van der Waals surface area (Å²) in [5, 5.41) is 0.0529. The van der Waals surface area contributed by atoms with Gasteiger partial charge in [-0.1, -0.05) is 0 Å². The van der Waals surface area contributed by atoms with Crippen LogP contribution in [0.4, 0.5) is 0 Å². The molecule has 3 heterocycles. The van der Waals surface area contributed by atoms with Gasteiger partial charge in [-0.05, 0) is 6.92 Å². The van der Waals surface area contributed by atoms with Crippen LogP contribution < -0.4 is 10.4 Å². The van der Waals surface area contributed by atoms with Crippen LogP contribution in [-0.4, -0.2) is 41.9 Å². The van der Waals surface area contributed by atoms with Crippen molar-refractivity contribution in [3.05, 3.63) is 40.8 Å². The first-order valence-corrected chi connectivity index (χ1v) is 7.66. The van der Waals surface area contributed by atoms with Crippen LogP contribution in [0, 0.1) is 6.92 Å². The Hall–Kier alpha value is -2.13. The summed E-state index contributed by atoms with van der Waals surface area (Å²) in [6, 6.07) is 2.83. The van der Waals surface area contributed by atoms with E-state index in [2.05, 4.69) is 9.97 Å². The van der Waals surface area contributed by atoms with Gasteiger partial charge in [-0.15, -0.1) is 0 Å². The van der Waals surface area contributed by atoms with Gasteiger partial charge in [0.05, 0.1) is 31.7 Å². The third-order valence-electron chi connectivity index (χ3n) is 3.08. The van der Waals surface area contributed by atoms with Crippen LogP contribution >= 0.6 is 0 Å². The van der Waals surface area contributed by atoms with Crippen LogP contribution in [-0.2, 0) is 10.0 Å². The number of sulfonamides is 1. The fourth-order valence-electron chi connectivity index (χ4n) is 2.03. The van der Waals surface area contributed by atoms with E-state index in [1.165, 1.54) is 22.9 Å². The average molecular weight is 311 g/mol. The Kier molecular flexibility index (Phi) is 3.30. The SMILES string of the molecule is Cc1cc(OC2CN(S(=O)(=O)c3cnc[nH]3)C2)cc(=O)o1. The van der Waals surface area contributed by atoms with E-state index in [9.17, 15) is 13.2 Å². The number of imidazole rings is 1. The minimum Gasteiger partial charge on any atom is -0.487 e. The summed E-state index contributed by atoms with van der Waals surface area (Å²) in [5.41, 5.74) is -0.494. The molecular weight excluding hydrogens is 298 g/mol. The predicted octanol–water partition coefficient (Wildman–Crippen LogP) is 0.123. The second-order valence-corrected chi connectivity index (χ2v) is 6.61. The number of H-pyrrole nitrogens is 1. The smallest absolute Gasteiger partial charge is 0.339 e. The van der Waals surface area contributed by atoms with Gasteiger partial charge < -0.3 is 14.1 Å². The molecule has 3 rings (SSSR count). The zero-order chi connectivity index (χ0) is 15.0. The van der Waals surface area contributed by atoms with Gasteiger partial charge in [0, 0.05) is 6.07 Å². The number of hydrogen-bond acceptors (Lipinski definition) is 6. The Morgan fingerprint density at radius 1 is 1.43 bits per heavy atom. The summed E-state index contributed by atoms with van der Waals surface area (Å²) in [6.45, 7) is 2.09. The number of aromatic nitrogens is 2. The molecule has 9 heteroatoms. The molecule has 0 atom stereocenters. The van der Waals surface area contributed by atoms with Crippen molar-refractivity contribution in [3.63, 3.8) is 0 Å². The molecule has 1 aliphatic heterocycles. The molecule has 1 aliphatic rings. The van der Waals surface area contributed by atoms with Crippen LogP contribution in [0.3, 0.4) is 0 Å². The molecule has 2 aromatic heterocycles. The number of nitrogens with one attached hydrogen (secondary N) is 1. The number of ether oxygens (including phenoxy) is 1. The van der Waals surface area contributed by atoms with E-state index in [0.717, 1.165) is 0 Å². The third kappa shape index (κ3) is 2.69. The number of nitrogens with zero attached hydrogens (tertiary/aromatic N) is 2. The number of hydrogen-bond donors (Lipinski definition) is 1. The molecule has 8 nitrogen and oxygen atoms in total. The quantitative estimate of drug-likeness (QED) is 0.860. The Labute approximate surface area is 120 Å². The number of aryl methyl sites for hydroxylation is 1. The molecule has 0 unspecified atom stereocenters. The maximum Gasteiger partial charge on any atom is 0.339 e. The lowest BCUT2D eigenvalue weighted by molar-refractivity contribution is 0.0752. The molecule has 1 saturated heterocycles. The van der Waals surface area contributed by atoms with E-state index in [-0.39, 0.29) is 24.2 Å². The monoisotopic (exact) mass is 311 g/mol. The minimum atomic E-state index is -3.55. The van der Waals surface area contributed by atoms with E-state index in [1.807, 2.05) is 0 Å². The van der Waals surface area contributed by atoms with Gasteiger partial charge in [0.15, 0.2) is 5.03 Å². The Morgan fingerprint density at radius 3 is 2.81 bits per heavy atom. The molecule has 0 saturated carbocycles. The topological polar surface area (TPSA) is 105 Å². The lowest BCUT2D eigenvalue weighted by atomic mass is 10.2. The van der Waals surface area contributed by atoms with E-state index in [4.69, 9.17) is 9.15 Å². The highest BCUT2D eigenvalue weighted by molar-refractivity contribution is 7.89. The predicted molar refractivity (Wildman–Crippen MR) is 71.5 cm³/mol. The molecular formula is C12H13N3O5S. The Balaban J connectivity index is 1.65. The van der Waals surface area contributed by atoms with Crippen LogP contribution in [0.2, 0.25) is 0 Å². The maximum absolute atomic E-state index is 12.1. The number of aromatic amines is 1. The zero-order valence-corrected chi connectivity index (χ0v) is 12.0. The molecule has 0 bridgehead atoms. The second-order valence-electron chi connectivity index (χ2n) is 4.70. The highest BCUT2D eigenvalue weighted by Crippen LogP contribution is 2.23. The Bertz CT molecular complexity index is 791. The molecule has 2 aromatic rings. The van der Waals surface area contributed by atoms with Crippen LogP contribution in [0.5, 0.6) is 5.75 Å². The van der Waals surface area contributed by atoms with Crippen molar-refractivity contribution < 1.29 is 17.6 Å². The highest BCUT2D eigenvalue weighted by atomic mass is 32.2. The fourth-order valence-corrected chi connectivity index (χ4v) is 3.43. The van der Waals surface area contributed by atoms with Gasteiger partial charge in [0.1, 0.15) is 17.6 Å². The lowest BCUT2D eigenvalue weighted by Gasteiger charge is -2.37. The maximum atomic E-state index is 12.1. The van der Waals surface area contributed by atoms with Crippen molar-refractivity contribution in [2.75, 3.05) is 13.1 Å². The summed E-state index contributed by atoms with van der Waals surface area (Å²) in [7, 11) is -3.55. The van der Waals surface area contributed by atoms with Gasteiger partial charge in [-0.2, -0.15) is 4.31 Å². The van der Waals surface area contributed by atoms with Crippen LogP contribution in [0.1, 0.15) is 5.76 Å². The summed E-state index contributed by atoms with van der Waals surface area (Å²) < 4.78 is 35.9. The van der Waals surface area contributed by atoms with Crippen molar-refractivity contribution in [2.24, 2.45) is 0 Å². The molecule has 0 aromatic carbocycles. The summed E-state index contributed by atoms with van der Waals surface area (Å²) in [5.74, 6) is 0.825. The van der Waals surface area contributed by atoms with Gasteiger partial charge >= 0.3 is 5.63 Å². The number of rotatable bonds is 4.